The number of aliphatic imine (C=N–C) groups is 1. The van der Waals surface area contributed by atoms with E-state index in [-0.39, 0.29) is 17.3 Å². The van der Waals surface area contributed by atoms with Gasteiger partial charge in [0.2, 0.25) is 0 Å². The first-order valence-corrected chi connectivity index (χ1v) is 10.3. The van der Waals surface area contributed by atoms with Crippen LogP contribution in [0.15, 0.2) is 10.4 Å². The Morgan fingerprint density at radius 3 is 2.88 bits per heavy atom. The number of guanidine groups is 1. The molecule has 1 saturated heterocycles. The molecule has 1 unspecified atom stereocenters. The number of ether oxygens (including phenoxy) is 1. The summed E-state index contributed by atoms with van der Waals surface area (Å²) in [4.78, 5) is 23.3. The minimum atomic E-state index is -0.0925. The van der Waals surface area contributed by atoms with E-state index in [1.165, 1.54) is 0 Å². The molecule has 1 aliphatic heterocycles. The second-order valence-corrected chi connectivity index (χ2v) is 8.58. The predicted molar refractivity (Wildman–Crippen MR) is 107 cm³/mol. The number of nitrogens with one attached hydrogen (secondary N) is 1. The monoisotopic (exact) mass is 380 g/mol. The van der Waals surface area contributed by atoms with Gasteiger partial charge < -0.3 is 15.0 Å². The smallest absolute Gasteiger partial charge is 0.310 e. The maximum absolute atomic E-state index is 12.0. The molecule has 1 fully saturated rings. The quantitative estimate of drug-likeness (QED) is 0.483. The molecule has 1 N–H and O–H groups in total. The van der Waals surface area contributed by atoms with Crippen LogP contribution in [0.2, 0.25) is 0 Å². The number of piperidine rings is 1. The normalized spacial score (nSPS) is 18.7. The number of thiazole rings is 1. The third kappa shape index (κ3) is 5.69. The number of esters is 1. The van der Waals surface area contributed by atoms with Gasteiger partial charge in [-0.1, -0.05) is 20.8 Å². The fourth-order valence-corrected chi connectivity index (χ4v) is 4.03. The summed E-state index contributed by atoms with van der Waals surface area (Å²) in [6.07, 6.45) is 2.74. The molecule has 1 aromatic rings. The molecule has 2 heterocycles. The van der Waals surface area contributed by atoms with Gasteiger partial charge in [-0.3, -0.25) is 9.79 Å². The highest BCUT2D eigenvalue weighted by Crippen LogP contribution is 2.24. The van der Waals surface area contributed by atoms with E-state index in [4.69, 9.17) is 9.72 Å². The molecule has 7 heteroatoms. The SMILES string of the molecule is CCOC(=O)C1CCCN(C(=NC)NCCc2nc(C(C)(C)C)cs2)C1. The van der Waals surface area contributed by atoms with Gasteiger partial charge in [0, 0.05) is 43.9 Å². The minimum absolute atomic E-state index is 0.0597. The fraction of sp³-hybridized carbons (Fsp3) is 0.737. The van der Waals surface area contributed by atoms with Crippen molar-refractivity contribution in [1.82, 2.24) is 15.2 Å². The van der Waals surface area contributed by atoms with Crippen LogP contribution in [0, 0.1) is 5.92 Å². The summed E-state index contributed by atoms with van der Waals surface area (Å²) < 4.78 is 5.18. The zero-order valence-electron chi connectivity index (χ0n) is 16.7. The zero-order valence-corrected chi connectivity index (χ0v) is 17.5. The Balaban J connectivity index is 1.85. The topological polar surface area (TPSA) is 66.8 Å². The molecule has 0 spiro atoms. The molecule has 0 aliphatic carbocycles. The Kier molecular flexibility index (Phi) is 7.43. The number of carbonyl (C=O) groups excluding carboxylic acids is 1. The van der Waals surface area contributed by atoms with Crippen molar-refractivity contribution in [3.8, 4) is 0 Å². The van der Waals surface area contributed by atoms with E-state index in [0.29, 0.717) is 13.2 Å². The van der Waals surface area contributed by atoms with Gasteiger partial charge >= 0.3 is 5.97 Å². The lowest BCUT2D eigenvalue weighted by Gasteiger charge is -2.33. The van der Waals surface area contributed by atoms with Crippen LogP contribution in [-0.4, -0.2) is 55.1 Å². The van der Waals surface area contributed by atoms with Gasteiger partial charge in [0.15, 0.2) is 5.96 Å². The van der Waals surface area contributed by atoms with Gasteiger partial charge in [0.25, 0.3) is 0 Å². The Bertz CT molecular complexity index is 621. The van der Waals surface area contributed by atoms with Crippen LogP contribution in [0.25, 0.3) is 0 Å². The molecule has 0 saturated carbocycles. The van der Waals surface area contributed by atoms with Gasteiger partial charge in [-0.15, -0.1) is 11.3 Å². The molecule has 1 atom stereocenters. The van der Waals surface area contributed by atoms with E-state index >= 15 is 0 Å². The van der Waals surface area contributed by atoms with Crippen LogP contribution in [0.1, 0.15) is 51.2 Å². The number of hydrogen-bond acceptors (Lipinski definition) is 5. The van der Waals surface area contributed by atoms with Crippen molar-refractivity contribution in [2.75, 3.05) is 33.3 Å². The van der Waals surface area contributed by atoms with E-state index in [9.17, 15) is 4.79 Å². The number of rotatable bonds is 5. The number of aromatic nitrogens is 1. The minimum Gasteiger partial charge on any atom is -0.466 e. The fourth-order valence-electron chi connectivity index (χ4n) is 3.01. The summed E-state index contributed by atoms with van der Waals surface area (Å²) in [5, 5.41) is 6.71. The maximum atomic E-state index is 12.0. The highest BCUT2D eigenvalue weighted by Gasteiger charge is 2.28. The number of carbonyl (C=O) groups is 1. The van der Waals surface area contributed by atoms with E-state index in [0.717, 1.165) is 49.0 Å². The molecule has 2 rings (SSSR count). The van der Waals surface area contributed by atoms with Crippen LogP contribution in [-0.2, 0) is 21.4 Å². The van der Waals surface area contributed by atoms with Crippen LogP contribution in [0.3, 0.4) is 0 Å². The van der Waals surface area contributed by atoms with Crippen molar-refractivity contribution in [3.63, 3.8) is 0 Å². The molecule has 0 amide bonds. The van der Waals surface area contributed by atoms with Crippen LogP contribution < -0.4 is 5.32 Å². The number of likely N-dealkylation sites (tertiary alicyclic amines) is 1. The summed E-state index contributed by atoms with van der Waals surface area (Å²) >= 11 is 1.72. The summed E-state index contributed by atoms with van der Waals surface area (Å²) in [6, 6.07) is 0. The highest BCUT2D eigenvalue weighted by molar-refractivity contribution is 7.09. The van der Waals surface area contributed by atoms with Crippen LogP contribution in [0.4, 0.5) is 0 Å². The average molecular weight is 381 g/mol. The van der Waals surface area contributed by atoms with Crippen molar-refractivity contribution in [1.29, 1.82) is 0 Å². The Morgan fingerprint density at radius 1 is 1.50 bits per heavy atom. The molecule has 0 bridgehead atoms. The van der Waals surface area contributed by atoms with E-state index in [1.807, 2.05) is 6.92 Å². The summed E-state index contributed by atoms with van der Waals surface area (Å²) in [6.45, 7) is 11.2. The Hall–Kier alpha value is -1.63. The molecule has 146 valence electrons. The molecule has 0 radical (unpaired) electrons. The predicted octanol–water partition coefficient (Wildman–Crippen LogP) is 2.83. The van der Waals surface area contributed by atoms with Crippen molar-refractivity contribution in [2.24, 2.45) is 10.9 Å². The largest absolute Gasteiger partial charge is 0.466 e. The Morgan fingerprint density at radius 2 is 2.27 bits per heavy atom. The second-order valence-electron chi connectivity index (χ2n) is 7.64. The summed E-state index contributed by atoms with van der Waals surface area (Å²) in [5.74, 6) is 0.701. The standard InChI is InChI=1S/C19H32N4O2S/c1-6-25-17(24)14-8-7-11-23(12-14)18(20-5)21-10-9-16-22-15(13-26-16)19(2,3)4/h13-14H,6-12H2,1-5H3,(H,20,21). The number of nitrogens with zero attached hydrogens (tertiary/aromatic N) is 3. The first kappa shape index (κ1) is 20.7. The van der Waals surface area contributed by atoms with Crippen molar-refractivity contribution in [3.05, 3.63) is 16.1 Å². The summed E-state index contributed by atoms with van der Waals surface area (Å²) in [5.41, 5.74) is 1.24. The lowest BCUT2D eigenvalue weighted by Crippen LogP contribution is -2.48. The molecule has 6 nitrogen and oxygen atoms in total. The number of hydrogen-bond donors (Lipinski definition) is 1. The molecular formula is C19H32N4O2S. The lowest BCUT2D eigenvalue weighted by molar-refractivity contribution is -0.149. The molecule has 26 heavy (non-hydrogen) atoms. The first-order chi connectivity index (χ1) is 12.3. The van der Waals surface area contributed by atoms with Crippen molar-refractivity contribution >= 4 is 23.3 Å². The van der Waals surface area contributed by atoms with Crippen LogP contribution in [0.5, 0.6) is 0 Å². The van der Waals surface area contributed by atoms with Gasteiger partial charge in [-0.05, 0) is 19.8 Å². The highest BCUT2D eigenvalue weighted by atomic mass is 32.1. The van der Waals surface area contributed by atoms with Gasteiger partial charge in [-0.2, -0.15) is 0 Å². The van der Waals surface area contributed by atoms with Crippen molar-refractivity contribution < 1.29 is 9.53 Å². The van der Waals surface area contributed by atoms with Crippen LogP contribution >= 0.6 is 11.3 Å². The Labute approximate surface area is 161 Å². The van der Waals surface area contributed by atoms with Gasteiger partial charge in [0.1, 0.15) is 0 Å². The molecule has 1 aliphatic rings. The second kappa shape index (κ2) is 9.35. The van der Waals surface area contributed by atoms with E-state index in [2.05, 4.69) is 41.4 Å². The third-order valence-electron chi connectivity index (χ3n) is 4.49. The van der Waals surface area contributed by atoms with E-state index < -0.39 is 0 Å². The van der Waals surface area contributed by atoms with Gasteiger partial charge in [0.05, 0.1) is 23.2 Å². The van der Waals surface area contributed by atoms with Gasteiger partial charge in [-0.25, -0.2) is 4.98 Å². The maximum Gasteiger partial charge on any atom is 0.310 e. The average Bonchev–Trinajstić information content (AvgIpc) is 3.08. The third-order valence-corrected chi connectivity index (χ3v) is 5.40. The first-order valence-electron chi connectivity index (χ1n) is 9.42. The summed E-state index contributed by atoms with van der Waals surface area (Å²) in [7, 11) is 1.79. The lowest BCUT2D eigenvalue weighted by atomic mass is 9.93. The molecule has 1 aromatic heterocycles. The van der Waals surface area contributed by atoms with Crippen molar-refractivity contribution in [2.45, 2.75) is 52.4 Å². The zero-order chi connectivity index (χ0) is 19.2. The molecular weight excluding hydrogens is 348 g/mol. The van der Waals surface area contributed by atoms with E-state index in [1.54, 1.807) is 18.4 Å². The molecule has 0 aromatic carbocycles.